The summed E-state index contributed by atoms with van der Waals surface area (Å²) in [6.07, 6.45) is 3.29. The Hall–Kier alpha value is -4.92. The number of benzene rings is 3. The molecule has 222 valence electrons. The number of hydrogen-bond donors (Lipinski definition) is 3. The number of carbonyl (C=O) groups is 4. The zero-order valence-corrected chi connectivity index (χ0v) is 24.5. The zero-order chi connectivity index (χ0) is 30.3. The van der Waals surface area contributed by atoms with E-state index in [9.17, 15) is 19.2 Å². The molecule has 9 nitrogen and oxygen atoms in total. The van der Waals surface area contributed by atoms with Gasteiger partial charge in [-0.25, -0.2) is 0 Å². The number of carbonyl (C=O) groups excluding carboxylic acids is 4. The van der Waals surface area contributed by atoms with E-state index in [1.54, 1.807) is 11.9 Å². The monoisotopic (exact) mass is 579 g/mol. The summed E-state index contributed by atoms with van der Waals surface area (Å²) in [5, 5.41) is 6.61. The van der Waals surface area contributed by atoms with Gasteiger partial charge in [-0.05, 0) is 34.7 Å². The minimum absolute atomic E-state index is 0.216. The van der Waals surface area contributed by atoms with Crippen LogP contribution >= 0.6 is 0 Å². The van der Waals surface area contributed by atoms with Gasteiger partial charge in [-0.1, -0.05) is 79.7 Å². The number of nitrogens with one attached hydrogen (secondary N) is 3. The average Bonchev–Trinajstić information content (AvgIpc) is 3.42. The lowest BCUT2D eigenvalue weighted by molar-refractivity contribution is -0.146. The summed E-state index contributed by atoms with van der Waals surface area (Å²) in [5.74, 6) is -1.39. The number of aromatic nitrogens is 1. The van der Waals surface area contributed by atoms with E-state index >= 15 is 0 Å². The largest absolute Gasteiger partial charge is 0.361 e. The Morgan fingerprint density at radius 2 is 1.65 bits per heavy atom. The molecular weight excluding hydrogens is 542 g/mol. The third kappa shape index (κ3) is 7.12. The lowest BCUT2D eigenvalue weighted by atomic mass is 10.0. The van der Waals surface area contributed by atoms with Crippen molar-refractivity contribution in [1.82, 2.24) is 25.4 Å². The predicted molar refractivity (Wildman–Crippen MR) is 165 cm³/mol. The summed E-state index contributed by atoms with van der Waals surface area (Å²) in [5.41, 5.74) is 4.95. The van der Waals surface area contributed by atoms with Gasteiger partial charge in [0.2, 0.25) is 23.6 Å². The predicted octanol–water partition coefficient (Wildman–Crippen LogP) is 2.99. The number of piperazine rings is 1. The maximum absolute atomic E-state index is 13.9. The van der Waals surface area contributed by atoms with E-state index in [4.69, 9.17) is 0 Å². The lowest BCUT2D eigenvalue weighted by Crippen LogP contribution is -2.61. The molecule has 1 aromatic heterocycles. The average molecular weight is 580 g/mol. The van der Waals surface area contributed by atoms with Crippen molar-refractivity contribution in [3.05, 3.63) is 107 Å². The topological polar surface area (TPSA) is 115 Å². The number of aromatic amines is 1. The first-order chi connectivity index (χ1) is 20.8. The van der Waals surface area contributed by atoms with Gasteiger partial charge in [0.1, 0.15) is 25.2 Å². The molecule has 3 aromatic carbocycles. The van der Waals surface area contributed by atoms with Crippen LogP contribution < -0.4 is 10.6 Å². The number of para-hydroxylation sites is 1. The third-order valence-corrected chi connectivity index (χ3v) is 7.91. The minimum atomic E-state index is -0.876. The van der Waals surface area contributed by atoms with E-state index in [2.05, 4.69) is 28.6 Å². The first kappa shape index (κ1) is 29.6. The second-order valence-electron chi connectivity index (χ2n) is 11.0. The fourth-order valence-corrected chi connectivity index (χ4v) is 5.69. The molecular formula is C34H37N5O4. The van der Waals surface area contributed by atoms with Gasteiger partial charge in [-0.2, -0.15) is 0 Å². The van der Waals surface area contributed by atoms with E-state index in [-0.39, 0.29) is 37.2 Å². The maximum atomic E-state index is 13.9. The molecule has 2 heterocycles. The van der Waals surface area contributed by atoms with Crippen LogP contribution in [-0.4, -0.2) is 70.6 Å². The molecule has 43 heavy (non-hydrogen) atoms. The third-order valence-electron chi connectivity index (χ3n) is 7.91. The van der Waals surface area contributed by atoms with Gasteiger partial charge in [0.15, 0.2) is 0 Å². The number of rotatable bonds is 11. The number of aryl methyl sites for hydroxylation is 1. The fraction of sp³-hybridized carbons (Fsp3) is 0.294. The molecule has 0 radical (unpaired) electrons. The molecule has 4 aromatic rings. The van der Waals surface area contributed by atoms with Crippen molar-refractivity contribution < 1.29 is 19.2 Å². The highest BCUT2D eigenvalue weighted by Crippen LogP contribution is 2.20. The second-order valence-corrected chi connectivity index (χ2v) is 11.0. The van der Waals surface area contributed by atoms with Gasteiger partial charge in [0.05, 0.1) is 0 Å². The van der Waals surface area contributed by atoms with Crippen molar-refractivity contribution in [2.24, 2.45) is 0 Å². The lowest BCUT2D eigenvalue weighted by Gasteiger charge is -2.33. The molecule has 2 unspecified atom stereocenters. The van der Waals surface area contributed by atoms with E-state index in [1.807, 2.05) is 79.0 Å². The van der Waals surface area contributed by atoms with Gasteiger partial charge < -0.3 is 25.4 Å². The Bertz CT molecular complexity index is 1620. The quantitative estimate of drug-likeness (QED) is 0.254. The molecule has 0 saturated carbocycles. The molecule has 4 amide bonds. The zero-order valence-electron chi connectivity index (χ0n) is 24.5. The molecule has 0 spiro atoms. The van der Waals surface area contributed by atoms with Crippen molar-refractivity contribution in [2.75, 3.05) is 20.1 Å². The van der Waals surface area contributed by atoms with Crippen molar-refractivity contribution in [1.29, 1.82) is 0 Å². The van der Waals surface area contributed by atoms with Crippen LogP contribution in [0.1, 0.15) is 29.2 Å². The SMILES string of the molecule is CCc1ccccc1CN(C)C(=O)C(Cc1c[nH]c2ccccc12)NC(=O)CN1CC(=O)NC(Cc2ccccc2)C1=O. The molecule has 0 aliphatic carbocycles. The Morgan fingerprint density at radius 1 is 0.953 bits per heavy atom. The molecule has 5 rings (SSSR count). The van der Waals surface area contributed by atoms with Crippen molar-refractivity contribution in [3.63, 3.8) is 0 Å². The summed E-state index contributed by atoms with van der Waals surface area (Å²) >= 11 is 0. The Kier molecular flexibility index (Phi) is 9.20. The summed E-state index contributed by atoms with van der Waals surface area (Å²) in [6.45, 7) is 1.94. The summed E-state index contributed by atoms with van der Waals surface area (Å²) < 4.78 is 0. The number of nitrogens with zero attached hydrogens (tertiary/aromatic N) is 2. The molecule has 3 N–H and O–H groups in total. The van der Waals surface area contributed by atoms with Gasteiger partial charge in [0, 0.05) is 43.5 Å². The molecule has 0 bridgehead atoms. The van der Waals surface area contributed by atoms with Crippen LogP contribution in [0.4, 0.5) is 0 Å². The molecule has 1 fully saturated rings. The number of fused-ring (bicyclic) bond motifs is 1. The van der Waals surface area contributed by atoms with Gasteiger partial charge >= 0.3 is 0 Å². The standard InChI is InChI=1S/C34H37N5O4/c1-3-24-13-7-8-14-25(24)20-38(2)33(42)30(18-26-19-35-28-16-10-9-15-27(26)28)37-32(41)22-39-21-31(40)36-29(34(39)43)17-23-11-5-4-6-12-23/h4-16,19,29-30,35H,3,17-18,20-22H2,1-2H3,(H,36,40)(H,37,41). The first-order valence-electron chi connectivity index (χ1n) is 14.6. The summed E-state index contributed by atoms with van der Waals surface area (Å²) in [6, 6.07) is 23.6. The van der Waals surface area contributed by atoms with Gasteiger partial charge in [-0.15, -0.1) is 0 Å². The molecule has 1 aliphatic heterocycles. The normalized spacial score (nSPS) is 15.7. The van der Waals surface area contributed by atoms with Crippen LogP contribution in [0.2, 0.25) is 0 Å². The number of hydrogen-bond acceptors (Lipinski definition) is 4. The van der Waals surface area contributed by atoms with E-state index in [0.717, 1.165) is 39.6 Å². The van der Waals surface area contributed by atoms with Crippen molar-refractivity contribution in [3.8, 4) is 0 Å². The van der Waals surface area contributed by atoms with Crippen molar-refractivity contribution >= 4 is 34.5 Å². The summed E-state index contributed by atoms with van der Waals surface area (Å²) in [4.78, 5) is 59.1. The minimum Gasteiger partial charge on any atom is -0.361 e. The fourth-order valence-electron chi connectivity index (χ4n) is 5.69. The highest BCUT2D eigenvalue weighted by Gasteiger charge is 2.34. The Labute approximate surface area is 251 Å². The van der Waals surface area contributed by atoms with E-state index in [1.165, 1.54) is 4.90 Å². The van der Waals surface area contributed by atoms with Crippen LogP contribution in [0.15, 0.2) is 85.1 Å². The van der Waals surface area contributed by atoms with Crippen LogP contribution in [-0.2, 0) is 45.0 Å². The van der Waals surface area contributed by atoms with E-state index < -0.39 is 18.0 Å². The highest BCUT2D eigenvalue weighted by molar-refractivity contribution is 5.98. The van der Waals surface area contributed by atoms with Crippen molar-refractivity contribution in [2.45, 2.75) is 44.8 Å². The highest BCUT2D eigenvalue weighted by atomic mass is 16.2. The Balaban J connectivity index is 1.32. The van der Waals surface area contributed by atoms with Gasteiger partial charge in [-0.3, -0.25) is 19.2 Å². The Morgan fingerprint density at radius 3 is 2.42 bits per heavy atom. The van der Waals surface area contributed by atoms with Crippen LogP contribution in [0.3, 0.4) is 0 Å². The molecule has 9 heteroatoms. The van der Waals surface area contributed by atoms with E-state index in [0.29, 0.717) is 13.0 Å². The molecule has 1 aliphatic rings. The van der Waals surface area contributed by atoms with Gasteiger partial charge in [0.25, 0.3) is 0 Å². The molecule has 1 saturated heterocycles. The number of amides is 4. The number of likely N-dealkylation sites (N-methyl/N-ethyl adjacent to an activating group) is 1. The first-order valence-corrected chi connectivity index (χ1v) is 14.6. The van der Waals surface area contributed by atoms with Crippen LogP contribution in [0.5, 0.6) is 0 Å². The smallest absolute Gasteiger partial charge is 0.246 e. The van der Waals surface area contributed by atoms with Crippen LogP contribution in [0.25, 0.3) is 10.9 Å². The summed E-state index contributed by atoms with van der Waals surface area (Å²) in [7, 11) is 1.73. The second kappa shape index (κ2) is 13.4. The van der Waals surface area contributed by atoms with Crippen LogP contribution in [0, 0.1) is 0 Å². The maximum Gasteiger partial charge on any atom is 0.246 e. The molecule has 2 atom stereocenters. The number of H-pyrrole nitrogens is 1.